The molecule has 20 heavy (non-hydrogen) atoms. The van der Waals surface area contributed by atoms with Crippen molar-refractivity contribution in [1.29, 1.82) is 0 Å². The van der Waals surface area contributed by atoms with Crippen LogP contribution in [0.3, 0.4) is 0 Å². The summed E-state index contributed by atoms with van der Waals surface area (Å²) < 4.78 is 7.52. The molecule has 0 spiro atoms. The number of aromatic nitrogens is 2. The van der Waals surface area contributed by atoms with Gasteiger partial charge in [-0.2, -0.15) is 5.10 Å². The molecule has 1 aromatic heterocycles. The molecule has 0 fully saturated rings. The summed E-state index contributed by atoms with van der Waals surface area (Å²) in [5.41, 5.74) is 1.36. The average molecular weight is 315 g/mol. The molecule has 0 atom stereocenters. The molecule has 108 valence electrons. The molecule has 1 aromatic carbocycles. The fraction of sp³-hybridized carbons (Fsp3) is 0.357. The summed E-state index contributed by atoms with van der Waals surface area (Å²) in [5.74, 6) is 0.442. The molecule has 1 N–H and O–H groups in total. The van der Waals surface area contributed by atoms with Crippen LogP contribution in [-0.2, 0) is 13.2 Å². The maximum atomic E-state index is 9.32. The van der Waals surface area contributed by atoms with Gasteiger partial charge in [-0.25, -0.2) is 0 Å². The zero-order valence-corrected chi connectivity index (χ0v) is 12.8. The van der Waals surface area contributed by atoms with Crippen molar-refractivity contribution in [3.05, 3.63) is 45.7 Å². The maximum Gasteiger partial charge on any atom is 0.144 e. The Morgan fingerprint density at radius 3 is 2.70 bits per heavy atom. The van der Waals surface area contributed by atoms with Gasteiger partial charge < -0.3 is 9.84 Å². The van der Waals surface area contributed by atoms with E-state index >= 15 is 0 Å². The standard InChI is InChI=1S/C14H16Cl2N2O2/c1-9(2)18-4-3-12(17-18)8-20-14-10(7-19)5-11(15)6-13(14)16/h3-6,9,19H,7-8H2,1-2H3. The molecule has 6 heteroatoms. The lowest BCUT2D eigenvalue weighted by Crippen LogP contribution is -2.04. The number of hydrogen-bond donors (Lipinski definition) is 1. The first-order valence-corrected chi connectivity index (χ1v) is 7.02. The topological polar surface area (TPSA) is 47.3 Å². The van der Waals surface area contributed by atoms with Gasteiger partial charge in [-0.3, -0.25) is 4.68 Å². The molecule has 1 heterocycles. The van der Waals surface area contributed by atoms with Crippen molar-refractivity contribution in [1.82, 2.24) is 9.78 Å². The summed E-state index contributed by atoms with van der Waals surface area (Å²) >= 11 is 12.0. The Kier molecular flexibility index (Phi) is 4.91. The van der Waals surface area contributed by atoms with E-state index in [1.165, 1.54) is 0 Å². The minimum Gasteiger partial charge on any atom is -0.485 e. The fourth-order valence-corrected chi connectivity index (χ4v) is 2.37. The number of aliphatic hydroxyl groups excluding tert-OH is 1. The lowest BCUT2D eigenvalue weighted by molar-refractivity contribution is 0.257. The van der Waals surface area contributed by atoms with Crippen LogP contribution >= 0.6 is 23.2 Å². The van der Waals surface area contributed by atoms with E-state index in [-0.39, 0.29) is 13.2 Å². The van der Waals surface area contributed by atoms with E-state index in [0.717, 1.165) is 5.69 Å². The first-order valence-electron chi connectivity index (χ1n) is 6.27. The highest BCUT2D eigenvalue weighted by Gasteiger charge is 2.11. The summed E-state index contributed by atoms with van der Waals surface area (Å²) in [7, 11) is 0. The third kappa shape index (κ3) is 3.45. The lowest BCUT2D eigenvalue weighted by atomic mass is 10.2. The number of benzene rings is 1. The van der Waals surface area contributed by atoms with Crippen LogP contribution in [0, 0.1) is 0 Å². The highest BCUT2D eigenvalue weighted by atomic mass is 35.5. The van der Waals surface area contributed by atoms with Crippen molar-refractivity contribution in [2.24, 2.45) is 0 Å². The Hall–Kier alpha value is -1.23. The third-order valence-electron chi connectivity index (χ3n) is 2.81. The van der Waals surface area contributed by atoms with Gasteiger partial charge in [0, 0.05) is 22.8 Å². The van der Waals surface area contributed by atoms with Crippen molar-refractivity contribution in [2.45, 2.75) is 33.1 Å². The van der Waals surface area contributed by atoms with Crippen LogP contribution in [0.4, 0.5) is 0 Å². The molecular weight excluding hydrogens is 299 g/mol. The number of nitrogens with zero attached hydrogens (tertiary/aromatic N) is 2. The van der Waals surface area contributed by atoms with Crippen LogP contribution in [0.5, 0.6) is 5.75 Å². The normalized spacial score (nSPS) is 11.1. The van der Waals surface area contributed by atoms with Gasteiger partial charge in [0.1, 0.15) is 12.4 Å². The highest BCUT2D eigenvalue weighted by molar-refractivity contribution is 6.35. The Morgan fingerprint density at radius 2 is 2.10 bits per heavy atom. The van der Waals surface area contributed by atoms with Crippen molar-refractivity contribution < 1.29 is 9.84 Å². The van der Waals surface area contributed by atoms with E-state index in [1.807, 2.05) is 16.9 Å². The van der Waals surface area contributed by atoms with Gasteiger partial charge in [0.05, 0.1) is 17.3 Å². The summed E-state index contributed by atoms with van der Waals surface area (Å²) in [5, 5.41) is 14.6. The first-order chi connectivity index (χ1) is 9.51. The zero-order chi connectivity index (χ0) is 14.7. The molecular formula is C14H16Cl2N2O2. The summed E-state index contributed by atoms with van der Waals surface area (Å²) in [4.78, 5) is 0. The predicted molar refractivity (Wildman–Crippen MR) is 79.3 cm³/mol. The second kappa shape index (κ2) is 6.48. The first kappa shape index (κ1) is 15.2. The monoisotopic (exact) mass is 314 g/mol. The minimum absolute atomic E-state index is 0.184. The number of hydrogen-bond acceptors (Lipinski definition) is 3. The average Bonchev–Trinajstić information content (AvgIpc) is 2.85. The molecule has 4 nitrogen and oxygen atoms in total. The quantitative estimate of drug-likeness (QED) is 0.912. The van der Waals surface area contributed by atoms with Crippen LogP contribution in [0.1, 0.15) is 31.1 Å². The largest absolute Gasteiger partial charge is 0.485 e. The third-order valence-corrected chi connectivity index (χ3v) is 3.31. The fourth-order valence-electron chi connectivity index (χ4n) is 1.78. The van der Waals surface area contributed by atoms with E-state index in [4.69, 9.17) is 27.9 Å². The minimum atomic E-state index is -0.184. The molecule has 2 aromatic rings. The molecule has 0 aliphatic rings. The molecule has 0 radical (unpaired) electrons. The Bertz CT molecular complexity index is 597. The van der Waals surface area contributed by atoms with E-state index in [1.54, 1.807) is 12.1 Å². The van der Waals surface area contributed by atoms with Gasteiger partial charge >= 0.3 is 0 Å². The van der Waals surface area contributed by atoms with Gasteiger partial charge in [-0.05, 0) is 32.0 Å². The lowest BCUT2D eigenvalue weighted by Gasteiger charge is -2.11. The summed E-state index contributed by atoms with van der Waals surface area (Å²) in [6.45, 7) is 4.21. The SMILES string of the molecule is CC(C)n1ccc(COc2c(Cl)cc(Cl)cc2CO)n1. The van der Waals surface area contributed by atoms with Crippen LogP contribution in [0.2, 0.25) is 10.0 Å². The van der Waals surface area contributed by atoms with E-state index < -0.39 is 0 Å². The van der Waals surface area contributed by atoms with Gasteiger partial charge in [-0.15, -0.1) is 0 Å². The van der Waals surface area contributed by atoms with E-state index in [2.05, 4.69) is 18.9 Å². The second-order valence-corrected chi connectivity index (χ2v) is 5.55. The van der Waals surface area contributed by atoms with Crippen molar-refractivity contribution in [2.75, 3.05) is 0 Å². The Morgan fingerprint density at radius 1 is 1.35 bits per heavy atom. The Labute approximate surface area is 127 Å². The van der Waals surface area contributed by atoms with Crippen molar-refractivity contribution >= 4 is 23.2 Å². The van der Waals surface area contributed by atoms with E-state index in [9.17, 15) is 5.11 Å². The maximum absolute atomic E-state index is 9.32. The van der Waals surface area contributed by atoms with Crippen molar-refractivity contribution in [3.8, 4) is 5.75 Å². The predicted octanol–water partition coefficient (Wildman–Crippen LogP) is 3.84. The van der Waals surface area contributed by atoms with E-state index in [0.29, 0.717) is 27.4 Å². The Balaban J connectivity index is 2.14. The van der Waals surface area contributed by atoms with Gasteiger partial charge in [-0.1, -0.05) is 23.2 Å². The molecule has 0 saturated carbocycles. The molecule has 0 bridgehead atoms. The van der Waals surface area contributed by atoms with Crippen molar-refractivity contribution in [3.63, 3.8) is 0 Å². The number of halogens is 2. The summed E-state index contributed by atoms with van der Waals surface area (Å²) in [6, 6.07) is 5.42. The summed E-state index contributed by atoms with van der Waals surface area (Å²) in [6.07, 6.45) is 1.90. The van der Waals surface area contributed by atoms with Crippen LogP contribution in [-0.4, -0.2) is 14.9 Å². The van der Waals surface area contributed by atoms with Gasteiger partial charge in [0.2, 0.25) is 0 Å². The number of rotatable bonds is 5. The van der Waals surface area contributed by atoms with Crippen LogP contribution in [0.25, 0.3) is 0 Å². The molecule has 0 amide bonds. The van der Waals surface area contributed by atoms with Gasteiger partial charge in [0.15, 0.2) is 0 Å². The molecule has 0 aliphatic heterocycles. The molecule has 0 saturated heterocycles. The van der Waals surface area contributed by atoms with Crippen LogP contribution in [0.15, 0.2) is 24.4 Å². The van der Waals surface area contributed by atoms with Gasteiger partial charge in [0.25, 0.3) is 0 Å². The smallest absolute Gasteiger partial charge is 0.144 e. The number of ether oxygens (including phenoxy) is 1. The van der Waals surface area contributed by atoms with Crippen LogP contribution < -0.4 is 4.74 Å². The zero-order valence-electron chi connectivity index (χ0n) is 11.3. The molecule has 2 rings (SSSR count). The molecule has 0 unspecified atom stereocenters. The number of aliphatic hydroxyl groups is 1. The highest BCUT2D eigenvalue weighted by Crippen LogP contribution is 2.33. The second-order valence-electron chi connectivity index (χ2n) is 4.70. The molecule has 0 aliphatic carbocycles.